The molecule has 25 heavy (non-hydrogen) atoms. The van der Waals surface area contributed by atoms with Gasteiger partial charge < -0.3 is 20.1 Å². The lowest BCUT2D eigenvalue weighted by molar-refractivity contribution is -0.134. The second kappa shape index (κ2) is 7.82. The fraction of sp³-hybridized carbons (Fsp3) is 0.611. The molecule has 7 heteroatoms. The second-order valence-corrected chi connectivity index (χ2v) is 6.42. The molecule has 0 bridgehead atoms. The molecule has 1 aliphatic heterocycles. The van der Waals surface area contributed by atoms with Crippen LogP contribution in [0.4, 0.5) is 0 Å². The van der Waals surface area contributed by atoms with Gasteiger partial charge in [-0.1, -0.05) is 0 Å². The van der Waals surface area contributed by atoms with Crippen LogP contribution in [0.5, 0.6) is 0 Å². The summed E-state index contributed by atoms with van der Waals surface area (Å²) in [6, 6.07) is 2.45. The molecule has 0 aliphatic carbocycles. The van der Waals surface area contributed by atoms with Crippen LogP contribution in [0.1, 0.15) is 43.2 Å². The largest absolute Gasteiger partial charge is 0.341 e. The third kappa shape index (κ3) is 3.61. The van der Waals surface area contributed by atoms with Crippen LogP contribution < -0.4 is 11.3 Å². The number of likely N-dealkylation sites (N-methyl/N-ethyl adjacent to an activating group) is 1. The summed E-state index contributed by atoms with van der Waals surface area (Å²) in [5.41, 5.74) is 6.60. The van der Waals surface area contributed by atoms with Crippen molar-refractivity contribution in [2.45, 2.75) is 52.7 Å². The number of pyridine rings is 1. The Balaban J connectivity index is 2.37. The lowest BCUT2D eigenvalue weighted by atomic mass is 10.1. The number of hydrogen-bond donors (Lipinski definition) is 1. The van der Waals surface area contributed by atoms with Gasteiger partial charge in [0.15, 0.2) is 0 Å². The summed E-state index contributed by atoms with van der Waals surface area (Å²) >= 11 is 0. The number of amides is 2. The topological polar surface area (TPSA) is 88.6 Å². The zero-order valence-electron chi connectivity index (χ0n) is 15.5. The molecule has 0 spiro atoms. The van der Waals surface area contributed by atoms with E-state index in [2.05, 4.69) is 0 Å². The van der Waals surface area contributed by atoms with Crippen LogP contribution in [0.25, 0.3) is 0 Å². The van der Waals surface area contributed by atoms with E-state index in [1.807, 2.05) is 27.7 Å². The summed E-state index contributed by atoms with van der Waals surface area (Å²) in [5, 5.41) is 0. The lowest BCUT2D eigenvalue weighted by Gasteiger charge is -2.29. The van der Waals surface area contributed by atoms with Crippen molar-refractivity contribution in [2.75, 3.05) is 19.6 Å². The SMILES string of the molecule is CCN(CC)C(=O)[C@@H]1C[C@H](N)CN1C(=O)c1ccc(C)n(CC)c1=O. The van der Waals surface area contributed by atoms with Crippen LogP contribution in [0.3, 0.4) is 0 Å². The maximum atomic E-state index is 13.0. The highest BCUT2D eigenvalue weighted by molar-refractivity contribution is 5.97. The number of nitrogens with two attached hydrogens (primary N) is 1. The lowest BCUT2D eigenvalue weighted by Crippen LogP contribution is -2.48. The first-order chi connectivity index (χ1) is 11.8. The molecule has 1 aliphatic rings. The molecule has 2 atom stereocenters. The van der Waals surface area contributed by atoms with Crippen LogP contribution in [-0.4, -0.2) is 57.9 Å². The first-order valence-electron chi connectivity index (χ1n) is 8.91. The maximum absolute atomic E-state index is 13.0. The average Bonchev–Trinajstić information content (AvgIpc) is 2.97. The van der Waals surface area contributed by atoms with Gasteiger partial charge in [0.25, 0.3) is 11.5 Å². The average molecular weight is 348 g/mol. The van der Waals surface area contributed by atoms with Crippen molar-refractivity contribution in [3.63, 3.8) is 0 Å². The van der Waals surface area contributed by atoms with Gasteiger partial charge in [-0.2, -0.15) is 0 Å². The summed E-state index contributed by atoms with van der Waals surface area (Å²) in [6.45, 7) is 9.44. The Morgan fingerprint density at radius 1 is 1.24 bits per heavy atom. The van der Waals surface area contributed by atoms with Crippen molar-refractivity contribution in [2.24, 2.45) is 5.73 Å². The van der Waals surface area contributed by atoms with Gasteiger partial charge in [0.2, 0.25) is 5.91 Å². The molecule has 2 heterocycles. The quantitative estimate of drug-likeness (QED) is 0.843. The molecular formula is C18H28N4O3. The molecule has 1 fully saturated rings. The van der Waals surface area contributed by atoms with Gasteiger partial charge in [0.1, 0.15) is 11.6 Å². The Morgan fingerprint density at radius 2 is 1.88 bits per heavy atom. The second-order valence-electron chi connectivity index (χ2n) is 6.42. The third-order valence-electron chi connectivity index (χ3n) is 4.89. The van der Waals surface area contributed by atoms with Crippen molar-refractivity contribution in [1.29, 1.82) is 0 Å². The molecule has 1 aromatic heterocycles. The molecule has 0 saturated carbocycles. The molecule has 1 aromatic rings. The summed E-state index contributed by atoms with van der Waals surface area (Å²) in [5.74, 6) is -0.514. The van der Waals surface area contributed by atoms with Gasteiger partial charge in [-0.05, 0) is 46.2 Å². The zero-order chi connectivity index (χ0) is 18.7. The first-order valence-corrected chi connectivity index (χ1v) is 8.91. The van der Waals surface area contributed by atoms with E-state index in [1.54, 1.807) is 21.6 Å². The summed E-state index contributed by atoms with van der Waals surface area (Å²) in [4.78, 5) is 41.5. The Morgan fingerprint density at radius 3 is 2.44 bits per heavy atom. The molecule has 0 aromatic carbocycles. The molecule has 2 rings (SSSR count). The van der Waals surface area contributed by atoms with E-state index in [9.17, 15) is 14.4 Å². The standard InChI is InChI=1S/C18H28N4O3/c1-5-20(6-2)18(25)15-10-13(19)11-22(15)17(24)14-9-8-12(4)21(7-3)16(14)23/h8-9,13,15H,5-7,10-11,19H2,1-4H3/t13-,15-/m0/s1. The number of carbonyl (C=O) groups is 2. The van der Waals surface area contributed by atoms with E-state index in [0.29, 0.717) is 26.1 Å². The minimum Gasteiger partial charge on any atom is -0.341 e. The predicted molar refractivity (Wildman–Crippen MR) is 96.5 cm³/mol. The highest BCUT2D eigenvalue weighted by Crippen LogP contribution is 2.21. The number of rotatable bonds is 5. The van der Waals surface area contributed by atoms with Gasteiger partial charge in [-0.3, -0.25) is 14.4 Å². The number of likely N-dealkylation sites (tertiary alicyclic amines) is 1. The van der Waals surface area contributed by atoms with Gasteiger partial charge in [-0.25, -0.2) is 0 Å². The fourth-order valence-corrected chi connectivity index (χ4v) is 3.45. The minimum absolute atomic E-state index is 0.0962. The van der Waals surface area contributed by atoms with Gasteiger partial charge in [0.05, 0.1) is 0 Å². The number of hydrogen-bond acceptors (Lipinski definition) is 4. The normalized spacial score (nSPS) is 20.0. The van der Waals surface area contributed by atoms with Crippen molar-refractivity contribution >= 4 is 11.8 Å². The van der Waals surface area contributed by atoms with Crippen molar-refractivity contribution < 1.29 is 9.59 Å². The molecule has 2 amide bonds. The van der Waals surface area contributed by atoms with Crippen molar-refractivity contribution in [1.82, 2.24) is 14.4 Å². The molecule has 0 unspecified atom stereocenters. The van der Waals surface area contributed by atoms with Crippen LogP contribution in [0.15, 0.2) is 16.9 Å². The zero-order valence-corrected chi connectivity index (χ0v) is 15.5. The van der Waals surface area contributed by atoms with Gasteiger partial charge >= 0.3 is 0 Å². The van der Waals surface area contributed by atoms with Gasteiger partial charge in [-0.15, -0.1) is 0 Å². The van der Waals surface area contributed by atoms with E-state index in [1.165, 1.54) is 4.90 Å². The van der Waals surface area contributed by atoms with E-state index < -0.39 is 11.9 Å². The smallest absolute Gasteiger partial charge is 0.263 e. The van der Waals surface area contributed by atoms with Crippen molar-refractivity contribution in [3.8, 4) is 0 Å². The Hall–Kier alpha value is -2.15. The Kier molecular flexibility index (Phi) is 6.00. The molecular weight excluding hydrogens is 320 g/mol. The molecule has 1 saturated heterocycles. The molecule has 2 N–H and O–H groups in total. The van der Waals surface area contributed by atoms with E-state index in [-0.39, 0.29) is 29.6 Å². The Bertz CT molecular complexity index is 709. The van der Waals surface area contributed by atoms with Crippen molar-refractivity contribution in [3.05, 3.63) is 33.7 Å². The predicted octanol–water partition coefficient (Wildman–Crippen LogP) is 0.587. The van der Waals surface area contributed by atoms with E-state index >= 15 is 0 Å². The number of nitrogens with zero attached hydrogens (tertiary/aromatic N) is 3. The Labute approximate surface area is 148 Å². The number of carbonyl (C=O) groups excluding carboxylic acids is 2. The summed E-state index contributed by atoms with van der Waals surface area (Å²) in [7, 11) is 0. The highest BCUT2D eigenvalue weighted by Gasteiger charge is 2.40. The van der Waals surface area contributed by atoms with Crippen LogP contribution in [0, 0.1) is 6.92 Å². The van der Waals surface area contributed by atoms with Crippen LogP contribution in [0.2, 0.25) is 0 Å². The van der Waals surface area contributed by atoms with E-state index in [4.69, 9.17) is 5.73 Å². The number of aryl methyl sites for hydroxylation is 1. The summed E-state index contributed by atoms with van der Waals surface area (Å²) in [6.07, 6.45) is 0.425. The monoisotopic (exact) mass is 348 g/mol. The van der Waals surface area contributed by atoms with Gasteiger partial charge in [0, 0.05) is 37.9 Å². The molecule has 138 valence electrons. The molecule has 0 radical (unpaired) electrons. The van der Waals surface area contributed by atoms with Crippen LogP contribution >= 0.6 is 0 Å². The van der Waals surface area contributed by atoms with E-state index in [0.717, 1.165) is 5.69 Å². The molecule has 7 nitrogen and oxygen atoms in total. The highest BCUT2D eigenvalue weighted by atomic mass is 16.2. The van der Waals surface area contributed by atoms with Crippen LogP contribution in [-0.2, 0) is 11.3 Å². The third-order valence-corrected chi connectivity index (χ3v) is 4.89. The minimum atomic E-state index is -0.599. The summed E-state index contributed by atoms with van der Waals surface area (Å²) < 4.78 is 1.56. The fourth-order valence-electron chi connectivity index (χ4n) is 3.45. The number of aromatic nitrogens is 1. The maximum Gasteiger partial charge on any atom is 0.263 e. The first kappa shape index (κ1) is 19.2.